The monoisotopic (exact) mass is 238 g/mol. The van der Waals surface area contributed by atoms with Gasteiger partial charge in [-0.1, -0.05) is 42.8 Å². The number of nitrogens with two attached hydrogens (primary N) is 1. The molecule has 1 aromatic carbocycles. The molecule has 0 heterocycles. The minimum Gasteiger partial charge on any atom is -0.409 e. The van der Waals surface area contributed by atoms with Crippen LogP contribution in [0.5, 0.6) is 0 Å². The van der Waals surface area contributed by atoms with Crippen LogP contribution in [-0.2, 0) is 5.75 Å². The molecule has 3 N–H and O–H groups in total. The number of thioether (sulfide) groups is 1. The molecule has 0 unspecified atom stereocenters. The predicted octanol–water partition coefficient (Wildman–Crippen LogP) is 2.81. The number of hydrogen-bond acceptors (Lipinski definition) is 3. The van der Waals surface area contributed by atoms with E-state index in [-0.39, 0.29) is 5.84 Å². The Morgan fingerprint density at radius 3 is 2.88 bits per heavy atom. The quantitative estimate of drug-likeness (QED) is 0.263. The second-order valence-corrected chi connectivity index (χ2v) is 4.65. The highest BCUT2D eigenvalue weighted by atomic mass is 32.2. The molecule has 0 fully saturated rings. The average molecular weight is 238 g/mol. The summed E-state index contributed by atoms with van der Waals surface area (Å²) >= 11 is 1.88. The first kappa shape index (κ1) is 12.9. The molecule has 1 rings (SSSR count). The van der Waals surface area contributed by atoms with E-state index < -0.39 is 0 Å². The van der Waals surface area contributed by atoms with Crippen LogP contribution < -0.4 is 5.73 Å². The van der Waals surface area contributed by atoms with Crippen LogP contribution in [0.3, 0.4) is 0 Å². The van der Waals surface area contributed by atoms with E-state index in [0.29, 0.717) is 0 Å². The maximum absolute atomic E-state index is 8.68. The first-order valence-electron chi connectivity index (χ1n) is 5.43. The van der Waals surface area contributed by atoms with Crippen molar-refractivity contribution in [3.05, 3.63) is 35.4 Å². The summed E-state index contributed by atoms with van der Waals surface area (Å²) in [4.78, 5) is 0. The summed E-state index contributed by atoms with van der Waals surface area (Å²) in [5.41, 5.74) is 7.57. The molecular formula is C12H18N2OS. The Balaban J connectivity index is 2.64. The number of nitrogens with zero attached hydrogens (tertiary/aromatic N) is 1. The van der Waals surface area contributed by atoms with Crippen molar-refractivity contribution in [1.29, 1.82) is 0 Å². The summed E-state index contributed by atoms with van der Waals surface area (Å²) in [5, 5.41) is 11.7. The summed E-state index contributed by atoms with van der Waals surface area (Å²) in [5.74, 6) is 2.25. The second-order valence-electron chi connectivity index (χ2n) is 3.55. The normalized spacial score (nSPS) is 11.7. The van der Waals surface area contributed by atoms with E-state index in [9.17, 15) is 0 Å². The van der Waals surface area contributed by atoms with Crippen LogP contribution in [0.4, 0.5) is 0 Å². The maximum Gasteiger partial charge on any atom is 0.170 e. The third-order valence-corrected chi connectivity index (χ3v) is 3.39. The molecule has 88 valence electrons. The van der Waals surface area contributed by atoms with Gasteiger partial charge in [-0.2, -0.15) is 11.8 Å². The van der Waals surface area contributed by atoms with E-state index in [1.54, 1.807) is 0 Å². The molecule has 4 heteroatoms. The van der Waals surface area contributed by atoms with Crippen molar-refractivity contribution in [2.45, 2.75) is 25.5 Å². The molecule has 0 aliphatic carbocycles. The molecule has 1 aromatic rings. The van der Waals surface area contributed by atoms with Crippen molar-refractivity contribution >= 4 is 17.6 Å². The maximum atomic E-state index is 8.68. The van der Waals surface area contributed by atoms with Crippen LogP contribution in [0.15, 0.2) is 29.4 Å². The number of hydrogen-bond donors (Lipinski definition) is 2. The highest BCUT2D eigenvalue weighted by molar-refractivity contribution is 7.98. The van der Waals surface area contributed by atoms with E-state index in [1.165, 1.54) is 12.8 Å². The highest BCUT2D eigenvalue weighted by Gasteiger charge is 2.05. The molecule has 0 spiro atoms. The van der Waals surface area contributed by atoms with Gasteiger partial charge in [0.05, 0.1) is 0 Å². The first-order valence-corrected chi connectivity index (χ1v) is 6.58. The van der Waals surface area contributed by atoms with Gasteiger partial charge in [0.2, 0.25) is 0 Å². The predicted molar refractivity (Wildman–Crippen MR) is 70.0 cm³/mol. The van der Waals surface area contributed by atoms with Crippen LogP contribution in [0.25, 0.3) is 0 Å². The van der Waals surface area contributed by atoms with Crippen LogP contribution in [-0.4, -0.2) is 16.8 Å². The summed E-state index contributed by atoms with van der Waals surface area (Å²) in [6.45, 7) is 2.19. The molecule has 0 aromatic heterocycles. The van der Waals surface area contributed by atoms with Crippen LogP contribution in [0, 0.1) is 0 Å². The zero-order chi connectivity index (χ0) is 11.8. The molecule has 0 aliphatic heterocycles. The van der Waals surface area contributed by atoms with Crippen molar-refractivity contribution in [3.8, 4) is 0 Å². The third-order valence-electron chi connectivity index (χ3n) is 2.30. The van der Waals surface area contributed by atoms with Crippen molar-refractivity contribution < 1.29 is 5.21 Å². The Bertz CT molecular complexity index is 353. The standard InChI is InChI=1S/C12H18N2OS/c1-2-3-8-16-9-10-6-4-5-7-11(10)12(13)14-15/h4-7,15H,2-3,8-9H2,1H3,(H2,13,14). The van der Waals surface area contributed by atoms with Crippen molar-refractivity contribution in [1.82, 2.24) is 0 Å². The molecule has 0 bridgehead atoms. The fourth-order valence-corrected chi connectivity index (χ4v) is 2.49. The molecule has 0 amide bonds. The van der Waals surface area contributed by atoms with E-state index in [0.717, 1.165) is 22.6 Å². The zero-order valence-corrected chi connectivity index (χ0v) is 10.3. The lowest BCUT2D eigenvalue weighted by Gasteiger charge is -2.07. The number of benzene rings is 1. The summed E-state index contributed by atoms with van der Waals surface area (Å²) < 4.78 is 0. The van der Waals surface area contributed by atoms with Crippen molar-refractivity contribution in [2.75, 3.05) is 5.75 Å². The van der Waals surface area contributed by atoms with Crippen LogP contribution >= 0.6 is 11.8 Å². The fourth-order valence-electron chi connectivity index (χ4n) is 1.38. The van der Waals surface area contributed by atoms with Gasteiger partial charge in [0, 0.05) is 11.3 Å². The van der Waals surface area contributed by atoms with Gasteiger partial charge < -0.3 is 10.9 Å². The first-order chi connectivity index (χ1) is 7.79. The Kier molecular flexibility index (Phi) is 5.78. The van der Waals surface area contributed by atoms with Crippen molar-refractivity contribution in [2.24, 2.45) is 10.9 Å². The molecule has 0 radical (unpaired) electrons. The fraction of sp³-hybridized carbons (Fsp3) is 0.417. The Morgan fingerprint density at radius 2 is 2.19 bits per heavy atom. The smallest absolute Gasteiger partial charge is 0.170 e. The molecular weight excluding hydrogens is 220 g/mol. The van der Waals surface area contributed by atoms with Gasteiger partial charge in [0.1, 0.15) is 0 Å². The van der Waals surface area contributed by atoms with Gasteiger partial charge in [-0.25, -0.2) is 0 Å². The molecule has 0 saturated carbocycles. The molecule has 16 heavy (non-hydrogen) atoms. The zero-order valence-electron chi connectivity index (χ0n) is 9.52. The minimum absolute atomic E-state index is 0.187. The average Bonchev–Trinajstić information content (AvgIpc) is 2.34. The number of unbranched alkanes of at least 4 members (excludes halogenated alkanes) is 1. The largest absolute Gasteiger partial charge is 0.409 e. The second kappa shape index (κ2) is 7.17. The van der Waals surface area contributed by atoms with Gasteiger partial charge in [-0.15, -0.1) is 0 Å². The molecule has 0 atom stereocenters. The third kappa shape index (κ3) is 3.77. The molecule has 0 saturated heterocycles. The van der Waals surface area contributed by atoms with Gasteiger partial charge >= 0.3 is 0 Å². The van der Waals surface area contributed by atoms with Gasteiger partial charge in [-0.05, 0) is 17.7 Å². The van der Waals surface area contributed by atoms with Crippen LogP contribution in [0.2, 0.25) is 0 Å². The van der Waals surface area contributed by atoms with E-state index in [2.05, 4.69) is 12.1 Å². The lowest BCUT2D eigenvalue weighted by Crippen LogP contribution is -2.15. The molecule has 3 nitrogen and oxygen atoms in total. The topological polar surface area (TPSA) is 58.6 Å². The van der Waals surface area contributed by atoms with E-state index in [4.69, 9.17) is 10.9 Å². The SMILES string of the molecule is CCCCSCc1ccccc1/C(N)=N/O. The van der Waals surface area contributed by atoms with Gasteiger partial charge in [-0.3, -0.25) is 0 Å². The van der Waals surface area contributed by atoms with E-state index in [1.807, 2.05) is 36.0 Å². The van der Waals surface area contributed by atoms with Crippen LogP contribution in [0.1, 0.15) is 30.9 Å². The van der Waals surface area contributed by atoms with E-state index >= 15 is 0 Å². The Morgan fingerprint density at radius 1 is 1.44 bits per heavy atom. The summed E-state index contributed by atoms with van der Waals surface area (Å²) in [6, 6.07) is 7.77. The minimum atomic E-state index is 0.187. The highest BCUT2D eigenvalue weighted by Crippen LogP contribution is 2.17. The van der Waals surface area contributed by atoms with Gasteiger partial charge in [0.15, 0.2) is 5.84 Å². The number of oxime groups is 1. The number of amidine groups is 1. The molecule has 0 aliphatic rings. The summed E-state index contributed by atoms with van der Waals surface area (Å²) in [7, 11) is 0. The van der Waals surface area contributed by atoms with Gasteiger partial charge in [0.25, 0.3) is 0 Å². The van der Waals surface area contributed by atoms with Crippen molar-refractivity contribution in [3.63, 3.8) is 0 Å². The Labute approximate surface area is 101 Å². The lowest BCUT2D eigenvalue weighted by molar-refractivity contribution is 0.318. The lowest BCUT2D eigenvalue weighted by atomic mass is 10.1. The summed E-state index contributed by atoms with van der Waals surface area (Å²) in [6.07, 6.45) is 2.45. The Hall–Kier alpha value is -1.16. The number of rotatable bonds is 6.